The van der Waals surface area contributed by atoms with Gasteiger partial charge in [-0.1, -0.05) is 24.3 Å². The van der Waals surface area contributed by atoms with Crippen LogP contribution >= 0.6 is 0 Å². The lowest BCUT2D eigenvalue weighted by Crippen LogP contribution is -2.35. The van der Waals surface area contributed by atoms with Crippen molar-refractivity contribution >= 4 is 15.9 Å². The number of carbonyl (C=O) groups excluding carboxylic acids is 1. The van der Waals surface area contributed by atoms with E-state index in [9.17, 15) is 13.2 Å². The molecule has 0 fully saturated rings. The van der Waals surface area contributed by atoms with Crippen molar-refractivity contribution in [1.29, 1.82) is 0 Å². The first-order valence-electron chi connectivity index (χ1n) is 5.43. The molecule has 0 bridgehead atoms. The zero-order valence-corrected chi connectivity index (χ0v) is 11.0. The fraction of sp³-hybridized carbons (Fsp3) is 0.364. The third-order valence-electron chi connectivity index (χ3n) is 2.42. The Bertz CT molecular complexity index is 514. The van der Waals surface area contributed by atoms with Crippen LogP contribution in [0, 0.1) is 0 Å². The number of likely N-dealkylation sites (N-methyl/N-ethyl adjacent to an activating group) is 1. The molecule has 0 aliphatic carbocycles. The van der Waals surface area contributed by atoms with Crippen molar-refractivity contribution in [1.82, 2.24) is 10.0 Å². The minimum atomic E-state index is -3.54. The maximum atomic E-state index is 11.8. The molecule has 1 aromatic rings. The molecule has 0 heterocycles. The molecule has 0 aliphatic rings. The molecule has 0 unspecified atom stereocenters. The smallest absolute Gasteiger partial charge is 0.234 e. The summed E-state index contributed by atoms with van der Waals surface area (Å²) in [6.07, 6.45) is 0. The maximum absolute atomic E-state index is 11.8. The molecule has 100 valence electrons. The second-order valence-electron chi connectivity index (χ2n) is 3.73. The van der Waals surface area contributed by atoms with Crippen molar-refractivity contribution in [3.8, 4) is 0 Å². The van der Waals surface area contributed by atoms with Gasteiger partial charge >= 0.3 is 0 Å². The van der Waals surface area contributed by atoms with Crippen molar-refractivity contribution in [3.63, 3.8) is 0 Å². The molecule has 0 saturated heterocycles. The quantitative estimate of drug-likeness (QED) is 0.637. The number of hydrogen-bond acceptors (Lipinski definition) is 4. The van der Waals surface area contributed by atoms with Crippen molar-refractivity contribution in [3.05, 3.63) is 35.4 Å². The van der Waals surface area contributed by atoms with Gasteiger partial charge in [0.1, 0.15) is 0 Å². The second kappa shape index (κ2) is 6.48. The van der Waals surface area contributed by atoms with Gasteiger partial charge < -0.3 is 11.1 Å². The minimum absolute atomic E-state index is 0.183. The van der Waals surface area contributed by atoms with Crippen molar-refractivity contribution < 1.29 is 13.2 Å². The van der Waals surface area contributed by atoms with Crippen LogP contribution < -0.4 is 15.8 Å². The summed E-state index contributed by atoms with van der Waals surface area (Å²) in [6, 6.07) is 7.05. The van der Waals surface area contributed by atoms with E-state index in [0.717, 1.165) is 5.56 Å². The van der Waals surface area contributed by atoms with Crippen LogP contribution in [-0.2, 0) is 27.1 Å². The number of amides is 1. The molecule has 6 nitrogen and oxygen atoms in total. The van der Waals surface area contributed by atoms with Crippen LogP contribution in [0.1, 0.15) is 11.1 Å². The Morgan fingerprint density at radius 3 is 2.44 bits per heavy atom. The Kier molecular flexibility index (Phi) is 5.26. The van der Waals surface area contributed by atoms with E-state index in [0.29, 0.717) is 5.56 Å². The van der Waals surface area contributed by atoms with E-state index in [1.54, 1.807) is 24.3 Å². The van der Waals surface area contributed by atoms with Gasteiger partial charge in [0.15, 0.2) is 0 Å². The van der Waals surface area contributed by atoms with Crippen LogP contribution in [0.4, 0.5) is 0 Å². The van der Waals surface area contributed by atoms with Crippen LogP contribution in [0.15, 0.2) is 24.3 Å². The number of benzene rings is 1. The summed E-state index contributed by atoms with van der Waals surface area (Å²) in [5, 5.41) is 2.34. The maximum Gasteiger partial charge on any atom is 0.234 e. The average Bonchev–Trinajstić information content (AvgIpc) is 2.36. The van der Waals surface area contributed by atoms with Gasteiger partial charge in [0.2, 0.25) is 15.9 Å². The molecule has 0 aromatic heterocycles. The number of rotatable bonds is 6. The third kappa shape index (κ3) is 4.44. The molecule has 18 heavy (non-hydrogen) atoms. The highest BCUT2D eigenvalue weighted by atomic mass is 32.2. The molecule has 4 N–H and O–H groups in total. The van der Waals surface area contributed by atoms with Gasteiger partial charge in [-0.15, -0.1) is 0 Å². The lowest BCUT2D eigenvalue weighted by Gasteiger charge is -2.09. The van der Waals surface area contributed by atoms with Crippen LogP contribution in [-0.4, -0.2) is 27.9 Å². The Labute approximate surface area is 107 Å². The summed E-state index contributed by atoms with van der Waals surface area (Å²) < 4.78 is 25.7. The summed E-state index contributed by atoms with van der Waals surface area (Å²) in [5.41, 5.74) is 6.96. The van der Waals surface area contributed by atoms with Crippen molar-refractivity contribution in [2.24, 2.45) is 5.73 Å². The van der Waals surface area contributed by atoms with Crippen molar-refractivity contribution in [2.75, 3.05) is 13.6 Å². The first-order chi connectivity index (χ1) is 8.48. The van der Waals surface area contributed by atoms with E-state index in [-0.39, 0.29) is 24.7 Å². The van der Waals surface area contributed by atoms with Gasteiger partial charge in [-0.25, -0.2) is 13.1 Å². The first kappa shape index (κ1) is 14.6. The summed E-state index contributed by atoms with van der Waals surface area (Å²) in [5.74, 6) is -0.567. The fourth-order valence-electron chi connectivity index (χ4n) is 1.42. The predicted molar refractivity (Wildman–Crippen MR) is 69.0 cm³/mol. The van der Waals surface area contributed by atoms with Gasteiger partial charge in [-0.3, -0.25) is 4.79 Å². The molecule has 1 aromatic carbocycles. The monoisotopic (exact) mass is 271 g/mol. The van der Waals surface area contributed by atoms with Crippen LogP contribution in [0.5, 0.6) is 0 Å². The molecule has 0 saturated carbocycles. The van der Waals surface area contributed by atoms with E-state index in [4.69, 9.17) is 5.73 Å². The fourth-order valence-corrected chi connectivity index (χ4v) is 2.56. The largest absolute Gasteiger partial charge is 0.358 e. The van der Waals surface area contributed by atoms with Crippen molar-refractivity contribution in [2.45, 2.75) is 12.3 Å². The SMILES string of the molecule is CNC(=O)CNS(=O)(=O)Cc1ccccc1CN. The van der Waals surface area contributed by atoms with E-state index >= 15 is 0 Å². The zero-order chi connectivity index (χ0) is 13.6. The third-order valence-corrected chi connectivity index (χ3v) is 3.69. The zero-order valence-electron chi connectivity index (χ0n) is 10.1. The average molecular weight is 271 g/mol. The molecular formula is C11H17N3O3S. The highest BCUT2D eigenvalue weighted by Gasteiger charge is 2.14. The number of nitrogens with two attached hydrogens (primary N) is 1. The normalized spacial score (nSPS) is 11.2. The van der Waals surface area contributed by atoms with Crippen LogP contribution in [0.3, 0.4) is 0 Å². The Balaban J connectivity index is 2.73. The molecule has 7 heteroatoms. The number of hydrogen-bond donors (Lipinski definition) is 3. The molecule has 0 atom stereocenters. The number of nitrogens with one attached hydrogen (secondary N) is 2. The molecule has 0 radical (unpaired) electrons. The summed E-state index contributed by atoms with van der Waals surface area (Å²) in [4.78, 5) is 11.0. The Hall–Kier alpha value is -1.44. The van der Waals surface area contributed by atoms with Gasteiger partial charge in [-0.05, 0) is 11.1 Å². The second-order valence-corrected chi connectivity index (χ2v) is 5.53. The van der Waals surface area contributed by atoms with E-state index in [2.05, 4.69) is 10.0 Å². The lowest BCUT2D eigenvalue weighted by atomic mass is 10.1. The topological polar surface area (TPSA) is 101 Å². The Morgan fingerprint density at radius 1 is 1.28 bits per heavy atom. The highest BCUT2D eigenvalue weighted by molar-refractivity contribution is 7.88. The van der Waals surface area contributed by atoms with Gasteiger partial charge in [0.25, 0.3) is 0 Å². The molecule has 0 aliphatic heterocycles. The van der Waals surface area contributed by atoms with E-state index < -0.39 is 10.0 Å². The molecule has 1 amide bonds. The van der Waals surface area contributed by atoms with Gasteiger partial charge in [-0.2, -0.15) is 0 Å². The first-order valence-corrected chi connectivity index (χ1v) is 7.08. The predicted octanol–water partition coefficient (Wildman–Crippen LogP) is -0.689. The van der Waals surface area contributed by atoms with Crippen LogP contribution in [0.2, 0.25) is 0 Å². The summed E-state index contributed by atoms with van der Waals surface area (Å²) in [7, 11) is -2.09. The molecular weight excluding hydrogens is 254 g/mol. The lowest BCUT2D eigenvalue weighted by molar-refractivity contribution is -0.119. The van der Waals surface area contributed by atoms with E-state index in [1.165, 1.54) is 7.05 Å². The summed E-state index contributed by atoms with van der Waals surface area (Å²) in [6.45, 7) is 0.0186. The number of sulfonamides is 1. The Morgan fingerprint density at radius 2 is 1.89 bits per heavy atom. The molecule has 0 spiro atoms. The summed E-state index contributed by atoms with van der Waals surface area (Å²) >= 11 is 0. The number of carbonyl (C=O) groups is 1. The minimum Gasteiger partial charge on any atom is -0.358 e. The molecule has 1 rings (SSSR count). The van der Waals surface area contributed by atoms with Gasteiger partial charge in [0.05, 0.1) is 12.3 Å². The van der Waals surface area contributed by atoms with E-state index in [1.807, 2.05) is 0 Å². The van der Waals surface area contributed by atoms with Crippen LogP contribution in [0.25, 0.3) is 0 Å². The highest BCUT2D eigenvalue weighted by Crippen LogP contribution is 2.11. The van der Waals surface area contributed by atoms with Gasteiger partial charge in [0, 0.05) is 13.6 Å². The standard InChI is InChI=1S/C11H17N3O3S/c1-13-11(15)7-14-18(16,17)8-10-5-3-2-4-9(10)6-12/h2-5,14H,6-8,12H2,1H3,(H,13,15).